The summed E-state index contributed by atoms with van der Waals surface area (Å²) in [6.45, 7) is 5.25. The van der Waals surface area contributed by atoms with Crippen molar-refractivity contribution in [3.63, 3.8) is 0 Å². The Hall–Kier alpha value is -2.21. The molecule has 2 fully saturated rings. The molecule has 2 bridgehead atoms. The summed E-state index contributed by atoms with van der Waals surface area (Å²) in [5.41, 5.74) is -0.979. The minimum absolute atomic E-state index is 0.0250. The SMILES string of the molecule is CC(C)(C)OC(=O)N1C2CCC(C2)C1C(=O)NC(C#N)Cc1c(F)cc(Br)cc1F. The fourth-order valence-corrected chi connectivity index (χ4v) is 4.66. The molecule has 9 heteroatoms. The van der Waals surface area contributed by atoms with E-state index < -0.39 is 41.3 Å². The molecule has 6 nitrogen and oxygen atoms in total. The number of nitrogens with one attached hydrogen (secondary N) is 1. The molecule has 0 aromatic heterocycles. The molecule has 2 amide bonds. The van der Waals surface area contributed by atoms with Gasteiger partial charge in [0.05, 0.1) is 6.07 Å². The van der Waals surface area contributed by atoms with Gasteiger partial charge in [-0.25, -0.2) is 13.6 Å². The second kappa shape index (κ2) is 8.50. The molecule has 1 saturated heterocycles. The standard InChI is InChI=1S/C21H24BrF2N3O3/c1-21(2,3)30-20(29)27-14-5-4-11(6-14)18(27)19(28)26-13(10-25)9-15-16(23)7-12(22)8-17(15)24/h7-8,11,13-14,18H,4-6,9H2,1-3H3,(H,26,28). The molecule has 4 unspecified atom stereocenters. The van der Waals surface area contributed by atoms with Crippen LogP contribution in [-0.4, -0.2) is 40.6 Å². The van der Waals surface area contributed by atoms with Crippen molar-refractivity contribution >= 4 is 27.9 Å². The number of likely N-dealkylation sites (tertiary alicyclic amines) is 1. The van der Waals surface area contributed by atoms with Crippen LogP contribution in [0.25, 0.3) is 0 Å². The van der Waals surface area contributed by atoms with Gasteiger partial charge in [0.25, 0.3) is 0 Å². The molecule has 1 aromatic carbocycles. The topological polar surface area (TPSA) is 82.4 Å². The molecular formula is C21H24BrF2N3O3. The molecule has 1 aromatic rings. The highest BCUT2D eigenvalue weighted by Gasteiger charge is 2.52. The Balaban J connectivity index is 1.74. The van der Waals surface area contributed by atoms with Crippen molar-refractivity contribution in [2.24, 2.45) is 5.92 Å². The number of rotatable bonds is 4. The van der Waals surface area contributed by atoms with Gasteiger partial charge in [-0.05, 0) is 58.1 Å². The lowest BCUT2D eigenvalue weighted by atomic mass is 9.97. The average molecular weight is 484 g/mol. The van der Waals surface area contributed by atoms with Crippen molar-refractivity contribution in [3.05, 3.63) is 33.8 Å². The number of amides is 2. The molecule has 1 heterocycles. The smallest absolute Gasteiger partial charge is 0.411 e. The first-order chi connectivity index (χ1) is 14.0. The lowest BCUT2D eigenvalue weighted by Crippen LogP contribution is -2.55. The third-order valence-corrected chi connectivity index (χ3v) is 5.90. The molecule has 1 saturated carbocycles. The minimum atomic E-state index is -1.14. The third-order valence-electron chi connectivity index (χ3n) is 5.44. The fourth-order valence-electron chi connectivity index (χ4n) is 4.26. The Kier molecular flexibility index (Phi) is 6.37. The van der Waals surface area contributed by atoms with Crippen molar-refractivity contribution in [2.75, 3.05) is 0 Å². The lowest BCUT2D eigenvalue weighted by Gasteiger charge is -2.35. The van der Waals surface area contributed by atoms with E-state index in [-0.39, 0.29) is 28.4 Å². The summed E-state index contributed by atoms with van der Waals surface area (Å²) in [5.74, 6) is -2.13. The van der Waals surface area contributed by atoms with Crippen molar-refractivity contribution in [1.29, 1.82) is 5.26 Å². The first kappa shape index (κ1) is 22.5. The Bertz CT molecular complexity index is 873. The van der Waals surface area contributed by atoms with Crippen LogP contribution in [0, 0.1) is 28.9 Å². The Morgan fingerprint density at radius 1 is 1.33 bits per heavy atom. The van der Waals surface area contributed by atoms with Crippen molar-refractivity contribution < 1.29 is 23.1 Å². The predicted molar refractivity (Wildman–Crippen MR) is 108 cm³/mol. The average Bonchev–Trinajstić information content (AvgIpc) is 3.23. The van der Waals surface area contributed by atoms with Crippen LogP contribution in [0.3, 0.4) is 0 Å². The van der Waals surface area contributed by atoms with E-state index in [0.717, 1.165) is 25.0 Å². The molecule has 1 aliphatic heterocycles. The molecule has 1 N–H and O–H groups in total. The van der Waals surface area contributed by atoms with Crippen LogP contribution in [0.5, 0.6) is 0 Å². The fraction of sp³-hybridized carbons (Fsp3) is 0.571. The zero-order valence-corrected chi connectivity index (χ0v) is 18.6. The molecule has 30 heavy (non-hydrogen) atoms. The van der Waals surface area contributed by atoms with Gasteiger partial charge in [-0.3, -0.25) is 9.69 Å². The van der Waals surface area contributed by atoms with E-state index in [1.54, 1.807) is 20.8 Å². The zero-order chi connectivity index (χ0) is 22.2. The van der Waals surface area contributed by atoms with Crippen LogP contribution in [0.4, 0.5) is 13.6 Å². The van der Waals surface area contributed by atoms with E-state index in [1.165, 1.54) is 4.90 Å². The summed E-state index contributed by atoms with van der Waals surface area (Å²) < 4.78 is 34.0. The Morgan fingerprint density at radius 2 is 1.97 bits per heavy atom. The summed E-state index contributed by atoms with van der Waals surface area (Å²) in [7, 11) is 0. The van der Waals surface area contributed by atoms with Gasteiger partial charge in [0.1, 0.15) is 29.3 Å². The number of nitrogens with zero attached hydrogens (tertiary/aromatic N) is 2. The van der Waals surface area contributed by atoms with Gasteiger partial charge in [0.15, 0.2) is 0 Å². The van der Waals surface area contributed by atoms with Gasteiger partial charge in [-0.1, -0.05) is 15.9 Å². The second-order valence-corrected chi connectivity index (χ2v) is 9.72. The molecule has 162 valence electrons. The summed E-state index contributed by atoms with van der Waals surface area (Å²) >= 11 is 3.01. The highest BCUT2D eigenvalue weighted by atomic mass is 79.9. The van der Waals surface area contributed by atoms with E-state index in [0.29, 0.717) is 6.42 Å². The third kappa shape index (κ3) is 4.75. The quantitative estimate of drug-likeness (QED) is 0.699. The zero-order valence-electron chi connectivity index (χ0n) is 17.0. The van der Waals surface area contributed by atoms with Gasteiger partial charge >= 0.3 is 6.09 Å². The maximum absolute atomic E-state index is 14.1. The van der Waals surface area contributed by atoms with E-state index in [4.69, 9.17) is 4.74 Å². The van der Waals surface area contributed by atoms with Crippen LogP contribution in [0.15, 0.2) is 16.6 Å². The number of halogens is 3. The van der Waals surface area contributed by atoms with Crippen molar-refractivity contribution in [1.82, 2.24) is 10.2 Å². The number of hydrogen-bond donors (Lipinski definition) is 1. The van der Waals surface area contributed by atoms with Crippen LogP contribution in [0.1, 0.15) is 45.6 Å². The molecule has 1 aliphatic carbocycles. The summed E-state index contributed by atoms with van der Waals surface area (Å²) in [6.07, 6.45) is 1.42. The first-order valence-corrected chi connectivity index (χ1v) is 10.6. The van der Waals surface area contributed by atoms with Crippen molar-refractivity contribution in [3.8, 4) is 6.07 Å². The van der Waals surface area contributed by atoms with E-state index in [9.17, 15) is 23.6 Å². The van der Waals surface area contributed by atoms with E-state index >= 15 is 0 Å². The Labute approximate surface area is 182 Å². The molecule has 4 atom stereocenters. The van der Waals surface area contributed by atoms with Gasteiger partial charge in [-0.2, -0.15) is 5.26 Å². The molecule has 2 aliphatic rings. The van der Waals surface area contributed by atoms with Gasteiger partial charge in [0, 0.05) is 22.5 Å². The summed E-state index contributed by atoms with van der Waals surface area (Å²) in [6, 6.07) is 2.13. The monoisotopic (exact) mass is 483 g/mol. The Morgan fingerprint density at radius 3 is 2.53 bits per heavy atom. The highest BCUT2D eigenvalue weighted by Crippen LogP contribution is 2.43. The minimum Gasteiger partial charge on any atom is -0.444 e. The van der Waals surface area contributed by atoms with Gasteiger partial charge < -0.3 is 10.1 Å². The van der Waals surface area contributed by atoms with Crippen molar-refractivity contribution in [2.45, 2.75) is 70.2 Å². The normalized spacial score (nSPS) is 23.8. The maximum atomic E-state index is 14.1. The van der Waals surface area contributed by atoms with Crippen LogP contribution in [-0.2, 0) is 16.0 Å². The van der Waals surface area contributed by atoms with Gasteiger partial charge in [-0.15, -0.1) is 0 Å². The number of fused-ring (bicyclic) bond motifs is 2. The number of carbonyl (C=O) groups excluding carboxylic acids is 2. The van der Waals surface area contributed by atoms with Crippen LogP contribution >= 0.6 is 15.9 Å². The number of piperidine rings is 1. The van der Waals surface area contributed by atoms with E-state index in [2.05, 4.69) is 21.2 Å². The first-order valence-electron chi connectivity index (χ1n) is 9.85. The number of benzene rings is 1. The molecule has 3 rings (SSSR count). The number of ether oxygens (including phenoxy) is 1. The van der Waals surface area contributed by atoms with Gasteiger partial charge in [0.2, 0.25) is 5.91 Å². The second-order valence-electron chi connectivity index (χ2n) is 8.80. The molecule has 0 radical (unpaired) electrons. The van der Waals surface area contributed by atoms with E-state index in [1.807, 2.05) is 6.07 Å². The highest BCUT2D eigenvalue weighted by molar-refractivity contribution is 9.10. The number of nitriles is 1. The van der Waals surface area contributed by atoms with Crippen LogP contribution < -0.4 is 5.32 Å². The molecular weight excluding hydrogens is 460 g/mol. The number of carbonyl (C=O) groups is 2. The lowest BCUT2D eigenvalue weighted by molar-refractivity contribution is -0.128. The largest absolute Gasteiger partial charge is 0.444 e. The number of hydrogen-bond acceptors (Lipinski definition) is 4. The molecule has 0 spiro atoms. The van der Waals surface area contributed by atoms with Crippen LogP contribution in [0.2, 0.25) is 0 Å². The predicted octanol–water partition coefficient (Wildman–Crippen LogP) is 4.07. The maximum Gasteiger partial charge on any atom is 0.411 e. The summed E-state index contributed by atoms with van der Waals surface area (Å²) in [4.78, 5) is 27.1. The summed E-state index contributed by atoms with van der Waals surface area (Å²) in [5, 5.41) is 12.0.